The molecule has 0 aliphatic carbocycles. The number of ether oxygens (including phenoxy) is 1. The third-order valence-corrected chi connectivity index (χ3v) is 6.16. The average molecular weight is 410 g/mol. The number of esters is 1. The van der Waals surface area contributed by atoms with Crippen LogP contribution in [0.2, 0.25) is 0 Å². The zero-order valence-electron chi connectivity index (χ0n) is 14.9. The Morgan fingerprint density at radius 3 is 2.79 bits per heavy atom. The lowest BCUT2D eigenvalue weighted by Gasteiger charge is -2.07. The van der Waals surface area contributed by atoms with Gasteiger partial charge in [0.1, 0.15) is 22.0 Å². The van der Waals surface area contributed by atoms with Gasteiger partial charge in [-0.1, -0.05) is 24.3 Å². The van der Waals surface area contributed by atoms with Gasteiger partial charge in [0.25, 0.3) is 0 Å². The molecule has 0 amide bonds. The first kappa shape index (κ1) is 18.6. The highest BCUT2D eigenvalue weighted by molar-refractivity contribution is 7.98. The second-order valence-corrected chi connectivity index (χ2v) is 7.82. The van der Waals surface area contributed by atoms with Crippen molar-refractivity contribution < 1.29 is 13.9 Å². The summed E-state index contributed by atoms with van der Waals surface area (Å²) >= 11 is 3.12. The molecule has 2 heterocycles. The second kappa shape index (κ2) is 8.08. The zero-order valence-corrected chi connectivity index (χ0v) is 16.5. The Balaban J connectivity index is 1.65. The fraction of sp³-hybridized carbons (Fsp3) is 0.0952. The van der Waals surface area contributed by atoms with Crippen LogP contribution < -0.4 is 0 Å². The van der Waals surface area contributed by atoms with Crippen LogP contribution in [0.5, 0.6) is 0 Å². The Kier molecular flexibility index (Phi) is 5.36. The summed E-state index contributed by atoms with van der Waals surface area (Å²) in [6.45, 7) is 0. The molecule has 7 heteroatoms. The van der Waals surface area contributed by atoms with E-state index in [-0.39, 0.29) is 11.8 Å². The van der Waals surface area contributed by atoms with Crippen LogP contribution >= 0.6 is 23.1 Å². The summed E-state index contributed by atoms with van der Waals surface area (Å²) in [5.41, 5.74) is 3.44. The van der Waals surface area contributed by atoms with Gasteiger partial charge in [-0.15, -0.1) is 23.1 Å². The number of carbonyl (C=O) groups is 1. The highest BCUT2D eigenvalue weighted by Gasteiger charge is 2.14. The number of aromatic nitrogens is 2. The third kappa shape index (κ3) is 3.76. The van der Waals surface area contributed by atoms with E-state index in [0.717, 1.165) is 31.9 Å². The van der Waals surface area contributed by atoms with Crippen LogP contribution in [0.25, 0.3) is 21.3 Å². The lowest BCUT2D eigenvalue weighted by Crippen LogP contribution is -2.01. The summed E-state index contributed by atoms with van der Waals surface area (Å²) in [4.78, 5) is 21.5. The fourth-order valence-corrected chi connectivity index (χ4v) is 4.79. The largest absolute Gasteiger partial charge is 0.465 e. The molecule has 0 aliphatic heterocycles. The molecule has 140 valence electrons. The third-order valence-electron chi connectivity index (χ3n) is 4.21. The van der Waals surface area contributed by atoms with Gasteiger partial charge in [0.15, 0.2) is 0 Å². The Labute approximate surface area is 169 Å². The van der Waals surface area contributed by atoms with Crippen LogP contribution in [0.1, 0.15) is 15.9 Å². The second-order valence-electron chi connectivity index (χ2n) is 6.00. The summed E-state index contributed by atoms with van der Waals surface area (Å²) in [6, 6.07) is 13.8. The molecule has 0 aliphatic rings. The van der Waals surface area contributed by atoms with Crippen molar-refractivity contribution >= 4 is 39.3 Å². The first-order valence-corrected chi connectivity index (χ1v) is 10.3. The summed E-state index contributed by atoms with van der Waals surface area (Å²) in [7, 11) is 1.37. The van der Waals surface area contributed by atoms with Gasteiger partial charge in [0.05, 0.1) is 18.1 Å². The van der Waals surface area contributed by atoms with Crippen LogP contribution in [-0.4, -0.2) is 23.0 Å². The highest BCUT2D eigenvalue weighted by Crippen LogP contribution is 2.38. The average Bonchev–Trinajstić information content (AvgIpc) is 3.17. The smallest absolute Gasteiger partial charge is 0.337 e. The summed E-state index contributed by atoms with van der Waals surface area (Å²) in [6.07, 6.45) is 1.56. The van der Waals surface area contributed by atoms with Crippen molar-refractivity contribution in [2.75, 3.05) is 7.11 Å². The number of carbonyl (C=O) groups excluding carboxylic acids is 1. The minimum absolute atomic E-state index is 0.264. The maximum Gasteiger partial charge on any atom is 0.337 e. The highest BCUT2D eigenvalue weighted by atomic mass is 32.2. The molecular weight excluding hydrogens is 395 g/mol. The number of nitrogens with zero attached hydrogens (tertiary/aromatic N) is 2. The quantitative estimate of drug-likeness (QED) is 0.244. The first-order valence-electron chi connectivity index (χ1n) is 8.44. The van der Waals surface area contributed by atoms with Crippen molar-refractivity contribution in [1.29, 1.82) is 0 Å². The van der Waals surface area contributed by atoms with Crippen molar-refractivity contribution in [2.45, 2.75) is 10.8 Å². The van der Waals surface area contributed by atoms with E-state index >= 15 is 0 Å². The summed E-state index contributed by atoms with van der Waals surface area (Å²) in [5, 5.41) is 3.84. The predicted molar refractivity (Wildman–Crippen MR) is 110 cm³/mol. The van der Waals surface area contributed by atoms with Crippen LogP contribution in [0, 0.1) is 5.82 Å². The zero-order chi connectivity index (χ0) is 19.5. The van der Waals surface area contributed by atoms with E-state index in [1.54, 1.807) is 36.3 Å². The Bertz CT molecular complexity index is 1140. The van der Waals surface area contributed by atoms with Crippen molar-refractivity contribution in [1.82, 2.24) is 9.97 Å². The molecule has 0 saturated heterocycles. The normalized spacial score (nSPS) is 10.9. The van der Waals surface area contributed by atoms with Crippen LogP contribution in [0.4, 0.5) is 4.39 Å². The summed E-state index contributed by atoms with van der Waals surface area (Å²) < 4.78 is 18.1. The van der Waals surface area contributed by atoms with E-state index < -0.39 is 0 Å². The number of thioether (sulfide) groups is 1. The Morgan fingerprint density at radius 1 is 1.18 bits per heavy atom. The van der Waals surface area contributed by atoms with Gasteiger partial charge in [-0.25, -0.2) is 19.2 Å². The van der Waals surface area contributed by atoms with Crippen LogP contribution in [-0.2, 0) is 10.5 Å². The molecule has 4 aromatic rings. The number of thiophene rings is 1. The molecule has 2 aromatic heterocycles. The van der Waals surface area contributed by atoms with Crippen molar-refractivity contribution in [3.8, 4) is 11.1 Å². The Hall–Kier alpha value is -2.77. The molecule has 0 saturated carbocycles. The van der Waals surface area contributed by atoms with Gasteiger partial charge < -0.3 is 4.74 Å². The van der Waals surface area contributed by atoms with E-state index in [1.165, 1.54) is 30.6 Å². The molecule has 0 atom stereocenters. The molecule has 0 bridgehead atoms. The first-order chi connectivity index (χ1) is 13.7. The molecule has 0 radical (unpaired) electrons. The molecule has 28 heavy (non-hydrogen) atoms. The maximum absolute atomic E-state index is 13.3. The van der Waals surface area contributed by atoms with E-state index in [1.807, 2.05) is 23.6 Å². The molecule has 0 fully saturated rings. The van der Waals surface area contributed by atoms with Gasteiger partial charge in [0, 0.05) is 16.7 Å². The van der Waals surface area contributed by atoms with E-state index in [4.69, 9.17) is 4.74 Å². The minimum Gasteiger partial charge on any atom is -0.465 e. The number of methoxy groups -OCH3 is 1. The monoisotopic (exact) mass is 410 g/mol. The number of halogens is 1. The maximum atomic E-state index is 13.3. The molecule has 2 aromatic carbocycles. The minimum atomic E-state index is -0.354. The van der Waals surface area contributed by atoms with Crippen LogP contribution in [0.15, 0.2) is 65.3 Å². The number of benzene rings is 2. The topological polar surface area (TPSA) is 52.1 Å². The number of rotatable bonds is 5. The van der Waals surface area contributed by atoms with Crippen molar-refractivity contribution in [3.63, 3.8) is 0 Å². The van der Waals surface area contributed by atoms with Gasteiger partial charge >= 0.3 is 5.97 Å². The summed E-state index contributed by atoms with van der Waals surface area (Å²) in [5.74, 6) is 0.0303. The molecule has 0 N–H and O–H groups in total. The fourth-order valence-electron chi connectivity index (χ4n) is 2.86. The van der Waals surface area contributed by atoms with Crippen LogP contribution in [0.3, 0.4) is 0 Å². The van der Waals surface area contributed by atoms with Crippen molar-refractivity contribution in [3.05, 3.63) is 77.2 Å². The number of fused-ring (bicyclic) bond motifs is 1. The molecule has 0 spiro atoms. The van der Waals surface area contributed by atoms with Gasteiger partial charge in [-0.2, -0.15) is 0 Å². The van der Waals surface area contributed by atoms with Gasteiger partial charge in [-0.3, -0.25) is 0 Å². The lowest BCUT2D eigenvalue weighted by atomic mass is 10.1. The molecule has 4 rings (SSSR count). The molecule has 4 nitrogen and oxygen atoms in total. The standard InChI is InChI=1S/C21H15FN2O2S2/c1-26-21(25)15-4-2-3-13(9-15)10-27-19-18-17(11-28-20(18)24-12-23-19)14-5-7-16(22)8-6-14/h2-9,11-12H,10H2,1H3. The van der Waals surface area contributed by atoms with Gasteiger partial charge in [-0.05, 0) is 35.4 Å². The SMILES string of the molecule is COC(=O)c1cccc(CSc2ncnc3scc(-c4ccc(F)cc4)c23)c1. The number of hydrogen-bond donors (Lipinski definition) is 0. The Morgan fingerprint density at radius 2 is 2.00 bits per heavy atom. The predicted octanol–water partition coefficient (Wildman–Crippen LogP) is 5.58. The number of hydrogen-bond acceptors (Lipinski definition) is 6. The van der Waals surface area contributed by atoms with E-state index in [2.05, 4.69) is 9.97 Å². The van der Waals surface area contributed by atoms with E-state index in [9.17, 15) is 9.18 Å². The molecular formula is C21H15FN2O2S2. The van der Waals surface area contributed by atoms with Gasteiger partial charge in [0.2, 0.25) is 0 Å². The lowest BCUT2D eigenvalue weighted by molar-refractivity contribution is 0.0600. The van der Waals surface area contributed by atoms with Crippen molar-refractivity contribution in [2.24, 2.45) is 0 Å². The van der Waals surface area contributed by atoms with E-state index in [0.29, 0.717) is 11.3 Å². The molecule has 0 unspecified atom stereocenters.